The van der Waals surface area contributed by atoms with Gasteiger partial charge >= 0.3 is 0 Å². The molecule has 6 nitrogen and oxygen atoms in total. The van der Waals surface area contributed by atoms with Gasteiger partial charge in [0.25, 0.3) is 0 Å². The quantitative estimate of drug-likeness (QED) is 0.246. The molecule has 8 heteroatoms. The van der Waals surface area contributed by atoms with Crippen LogP contribution in [-0.4, -0.2) is 32.0 Å². The number of hydrogen-bond acceptors (Lipinski definition) is 3. The minimum atomic E-state index is -0.159. The Morgan fingerprint density at radius 1 is 1.05 bits per heavy atom. The molecule has 2 aromatic heterocycles. The van der Waals surface area contributed by atoms with Crippen LogP contribution in [0.3, 0.4) is 0 Å². The molecule has 1 saturated heterocycles. The molecule has 0 aliphatic carbocycles. The van der Waals surface area contributed by atoms with Gasteiger partial charge < -0.3 is 20.1 Å². The van der Waals surface area contributed by atoms with E-state index in [0.717, 1.165) is 45.1 Å². The number of benzene rings is 2. The first kappa shape index (κ1) is 26.9. The number of amides is 1. The summed E-state index contributed by atoms with van der Waals surface area (Å²) in [7, 11) is 0. The number of hydrogen-bond donors (Lipinski definition) is 2. The Morgan fingerprint density at radius 3 is 2.54 bits per heavy atom. The van der Waals surface area contributed by atoms with Crippen LogP contribution >= 0.6 is 23.8 Å². The maximum Gasteiger partial charge on any atom is 0.226 e. The molecule has 0 radical (unpaired) electrons. The summed E-state index contributed by atoms with van der Waals surface area (Å²) in [5.41, 5.74) is 8.36. The molecule has 2 aromatic carbocycles. The van der Waals surface area contributed by atoms with Crippen molar-refractivity contribution in [3.8, 4) is 5.69 Å². The summed E-state index contributed by atoms with van der Waals surface area (Å²) in [6.45, 7) is 8.81. The zero-order chi connectivity index (χ0) is 27.7. The van der Waals surface area contributed by atoms with Crippen molar-refractivity contribution in [1.29, 1.82) is 0 Å². The molecule has 0 saturated carbocycles. The molecule has 2 N–H and O–H groups in total. The molecule has 1 fully saturated rings. The van der Waals surface area contributed by atoms with Gasteiger partial charge in [0.15, 0.2) is 5.11 Å². The van der Waals surface area contributed by atoms with E-state index in [4.69, 9.17) is 23.8 Å². The van der Waals surface area contributed by atoms with Crippen molar-refractivity contribution in [1.82, 2.24) is 19.8 Å². The van der Waals surface area contributed by atoms with Crippen molar-refractivity contribution in [3.05, 3.63) is 112 Å². The fraction of sp³-hybridized carbons (Fsp3) is 0.258. The monoisotopic (exact) mass is 557 g/mol. The molecule has 1 aliphatic heterocycles. The summed E-state index contributed by atoms with van der Waals surface area (Å²) < 4.78 is 2.25. The van der Waals surface area contributed by atoms with Crippen molar-refractivity contribution in [2.24, 2.45) is 0 Å². The Balaban J connectivity index is 1.48. The van der Waals surface area contributed by atoms with Crippen LogP contribution in [0.4, 0.5) is 5.69 Å². The second-order valence-electron chi connectivity index (χ2n) is 10.1. The largest absolute Gasteiger partial charge is 0.352 e. The Labute approximate surface area is 240 Å². The van der Waals surface area contributed by atoms with E-state index in [-0.39, 0.29) is 18.0 Å². The number of halogens is 1. The fourth-order valence-electron chi connectivity index (χ4n) is 5.35. The molecule has 1 aliphatic rings. The molecule has 4 aromatic rings. The molecule has 1 amide bonds. The molecule has 2 atom stereocenters. The van der Waals surface area contributed by atoms with Crippen LogP contribution in [0.2, 0.25) is 5.02 Å². The summed E-state index contributed by atoms with van der Waals surface area (Å²) in [5, 5.41) is 7.81. The number of nitrogens with zero attached hydrogens (tertiary/aromatic N) is 3. The molecule has 2 unspecified atom stereocenters. The smallest absolute Gasteiger partial charge is 0.226 e. The van der Waals surface area contributed by atoms with Crippen LogP contribution in [0.1, 0.15) is 52.3 Å². The van der Waals surface area contributed by atoms with Crippen LogP contribution in [-0.2, 0) is 4.79 Å². The first-order chi connectivity index (χ1) is 18.7. The van der Waals surface area contributed by atoms with E-state index in [1.54, 1.807) is 6.20 Å². The number of anilines is 1. The standard InChI is InChI=1S/C31H32ClN5OS/c1-19-8-12-24(13-9-19)34-28(38)14-16-36-30(29(35-31(36)39)26-7-5-6-15-33-26)25-17-21(3)37(22(25)4)27-18-23(32)11-10-20(27)2/h5-13,15,17-18,29-30H,14,16H2,1-4H3,(H,34,38)(H,35,39). The second-order valence-corrected chi connectivity index (χ2v) is 10.9. The van der Waals surface area contributed by atoms with Crippen molar-refractivity contribution in [2.45, 2.75) is 46.2 Å². The first-order valence-electron chi connectivity index (χ1n) is 13.0. The maximum atomic E-state index is 12.9. The Hall–Kier alpha value is -3.68. The number of aromatic nitrogens is 2. The van der Waals surface area contributed by atoms with Crippen LogP contribution in [0, 0.1) is 27.7 Å². The lowest BCUT2D eigenvalue weighted by atomic mass is 9.96. The lowest BCUT2D eigenvalue weighted by Crippen LogP contribution is -2.32. The van der Waals surface area contributed by atoms with Crippen molar-refractivity contribution < 1.29 is 4.79 Å². The highest BCUT2D eigenvalue weighted by Gasteiger charge is 2.41. The van der Waals surface area contributed by atoms with Crippen LogP contribution in [0.5, 0.6) is 0 Å². The number of nitrogens with one attached hydrogen (secondary N) is 2. The number of pyridine rings is 1. The maximum absolute atomic E-state index is 12.9. The normalized spacial score (nSPS) is 16.8. The Kier molecular flexibility index (Phi) is 7.73. The van der Waals surface area contributed by atoms with Gasteiger partial charge in [0.2, 0.25) is 5.91 Å². The molecule has 0 spiro atoms. The highest BCUT2D eigenvalue weighted by molar-refractivity contribution is 7.80. The molecule has 0 bridgehead atoms. The highest BCUT2D eigenvalue weighted by Crippen LogP contribution is 2.41. The van der Waals surface area contributed by atoms with E-state index in [1.807, 2.05) is 67.6 Å². The van der Waals surface area contributed by atoms with Crippen LogP contribution < -0.4 is 10.6 Å². The van der Waals surface area contributed by atoms with E-state index in [1.165, 1.54) is 0 Å². The highest BCUT2D eigenvalue weighted by atomic mass is 35.5. The minimum absolute atomic E-state index is 0.0540. The number of thiocarbonyl (C=S) groups is 1. The van der Waals surface area contributed by atoms with E-state index in [9.17, 15) is 4.79 Å². The SMILES string of the molecule is Cc1ccc(NC(=O)CCN2C(=S)NC(c3ccccn3)C2c2cc(C)n(-c3cc(Cl)ccc3C)c2C)cc1. The van der Waals surface area contributed by atoms with Gasteiger partial charge in [-0.3, -0.25) is 9.78 Å². The Bertz CT molecular complexity index is 1520. The fourth-order valence-corrected chi connectivity index (χ4v) is 5.85. The zero-order valence-corrected chi connectivity index (χ0v) is 24.1. The predicted octanol–water partition coefficient (Wildman–Crippen LogP) is 6.76. The van der Waals surface area contributed by atoms with Gasteiger partial charge in [0.1, 0.15) is 0 Å². The van der Waals surface area contributed by atoms with Crippen molar-refractivity contribution >= 4 is 40.5 Å². The number of carbonyl (C=O) groups is 1. The molecular weight excluding hydrogens is 526 g/mol. The summed E-state index contributed by atoms with van der Waals surface area (Å²) in [6, 6.07) is 21.6. The summed E-state index contributed by atoms with van der Waals surface area (Å²) >= 11 is 12.2. The van der Waals surface area contributed by atoms with Gasteiger partial charge in [0.05, 0.1) is 17.8 Å². The van der Waals surface area contributed by atoms with E-state index in [2.05, 4.69) is 51.9 Å². The average Bonchev–Trinajstić information content (AvgIpc) is 3.40. The van der Waals surface area contributed by atoms with Crippen molar-refractivity contribution in [2.75, 3.05) is 11.9 Å². The minimum Gasteiger partial charge on any atom is -0.352 e. The molecule has 5 rings (SSSR count). The zero-order valence-electron chi connectivity index (χ0n) is 22.5. The number of carbonyl (C=O) groups excluding carboxylic acids is 1. The Morgan fingerprint density at radius 2 is 1.82 bits per heavy atom. The van der Waals surface area contributed by atoms with E-state index >= 15 is 0 Å². The van der Waals surface area contributed by atoms with Crippen LogP contribution in [0.25, 0.3) is 5.69 Å². The topological polar surface area (TPSA) is 62.2 Å². The summed E-state index contributed by atoms with van der Waals surface area (Å²) in [5.74, 6) is -0.0540. The molecule has 39 heavy (non-hydrogen) atoms. The molecular formula is C31H32ClN5OS. The number of rotatable bonds is 7. The van der Waals surface area contributed by atoms with Gasteiger partial charge in [-0.25, -0.2) is 0 Å². The summed E-state index contributed by atoms with van der Waals surface area (Å²) in [6.07, 6.45) is 2.10. The predicted molar refractivity (Wildman–Crippen MR) is 162 cm³/mol. The van der Waals surface area contributed by atoms with E-state index in [0.29, 0.717) is 23.1 Å². The number of aryl methyl sites for hydroxylation is 3. The van der Waals surface area contributed by atoms with Gasteiger partial charge in [-0.1, -0.05) is 41.4 Å². The lowest BCUT2D eigenvalue weighted by Gasteiger charge is -2.28. The molecule has 200 valence electrons. The summed E-state index contributed by atoms with van der Waals surface area (Å²) in [4.78, 5) is 19.7. The third-order valence-electron chi connectivity index (χ3n) is 7.31. The van der Waals surface area contributed by atoms with Gasteiger partial charge in [-0.2, -0.15) is 0 Å². The first-order valence-corrected chi connectivity index (χ1v) is 13.8. The van der Waals surface area contributed by atoms with Crippen LogP contribution in [0.15, 0.2) is 72.9 Å². The average molecular weight is 558 g/mol. The third kappa shape index (κ3) is 5.56. The van der Waals surface area contributed by atoms with Crippen molar-refractivity contribution in [3.63, 3.8) is 0 Å². The molecule has 3 heterocycles. The third-order valence-corrected chi connectivity index (χ3v) is 7.90. The van der Waals surface area contributed by atoms with E-state index < -0.39 is 0 Å². The second kappa shape index (κ2) is 11.2. The lowest BCUT2D eigenvalue weighted by molar-refractivity contribution is -0.116. The van der Waals surface area contributed by atoms with Gasteiger partial charge in [0, 0.05) is 46.9 Å². The van der Waals surface area contributed by atoms with Gasteiger partial charge in [-0.05, 0) is 93.5 Å². The van der Waals surface area contributed by atoms with Gasteiger partial charge in [-0.15, -0.1) is 0 Å².